The van der Waals surface area contributed by atoms with Gasteiger partial charge in [0, 0.05) is 30.7 Å². The zero-order valence-electron chi connectivity index (χ0n) is 14.7. The Bertz CT molecular complexity index is 888. The van der Waals surface area contributed by atoms with Crippen LogP contribution >= 0.6 is 11.6 Å². The summed E-state index contributed by atoms with van der Waals surface area (Å²) in [5, 5.41) is 0.868. The van der Waals surface area contributed by atoms with Crippen LogP contribution in [0, 0.1) is 6.92 Å². The monoisotopic (exact) mass is 364 g/mol. The largest absolute Gasteiger partial charge is 0.444 e. The molecule has 1 atom stereocenters. The second kappa shape index (κ2) is 6.29. The number of carbonyl (C=O) groups excluding carboxylic acids is 1. The van der Waals surface area contributed by atoms with E-state index in [9.17, 15) is 9.59 Å². The summed E-state index contributed by atoms with van der Waals surface area (Å²) in [5.41, 5.74) is 0.593. The Labute approximate surface area is 150 Å². The molecule has 1 saturated heterocycles. The van der Waals surface area contributed by atoms with Crippen LogP contribution in [-0.2, 0) is 4.74 Å². The number of aromatic nitrogens is 3. The molecule has 25 heavy (non-hydrogen) atoms. The Morgan fingerprint density at radius 2 is 2.12 bits per heavy atom. The molecule has 0 bridgehead atoms. The highest BCUT2D eigenvalue weighted by Crippen LogP contribution is 2.26. The molecule has 1 unspecified atom stereocenters. The number of likely N-dealkylation sites (tertiary alicyclic amines) is 1. The van der Waals surface area contributed by atoms with Crippen LogP contribution in [0.15, 0.2) is 17.1 Å². The maximum absolute atomic E-state index is 12.6. The van der Waals surface area contributed by atoms with Gasteiger partial charge in [0.15, 0.2) is 0 Å². The number of ether oxygens (including phenoxy) is 1. The number of rotatable bonds is 1. The first-order valence-electron chi connectivity index (χ1n) is 8.18. The summed E-state index contributed by atoms with van der Waals surface area (Å²) in [4.78, 5) is 34.7. The normalized spacial score (nSPS) is 18.0. The highest BCUT2D eigenvalue weighted by Gasteiger charge is 2.32. The summed E-state index contributed by atoms with van der Waals surface area (Å²) < 4.78 is 7.03. The van der Waals surface area contributed by atoms with Crippen molar-refractivity contribution in [3.63, 3.8) is 0 Å². The van der Waals surface area contributed by atoms with Gasteiger partial charge >= 0.3 is 6.09 Å². The van der Waals surface area contributed by atoms with Crippen molar-refractivity contribution in [2.45, 2.75) is 45.8 Å². The van der Waals surface area contributed by atoms with Gasteiger partial charge < -0.3 is 9.64 Å². The van der Waals surface area contributed by atoms with Crippen molar-refractivity contribution in [3.8, 4) is 0 Å². The van der Waals surface area contributed by atoms with Gasteiger partial charge in [0.25, 0.3) is 5.56 Å². The molecule has 8 heteroatoms. The lowest BCUT2D eigenvalue weighted by Crippen LogP contribution is -2.36. The molecular formula is C17H21ClN4O3. The van der Waals surface area contributed by atoms with E-state index in [1.807, 2.05) is 27.7 Å². The van der Waals surface area contributed by atoms with Crippen LogP contribution in [-0.4, -0.2) is 44.2 Å². The molecule has 0 spiro atoms. The lowest BCUT2D eigenvalue weighted by molar-refractivity contribution is 0.0289. The standard InChI is InChI=1S/C17H21ClN4O3/c1-10-7-13(23)22(14-12(10)8-19-15(18)20-14)11-5-6-21(9-11)16(24)25-17(2,3)4/h7-8,11H,5-6,9H2,1-4H3. The van der Waals surface area contributed by atoms with Crippen molar-refractivity contribution >= 4 is 28.7 Å². The first-order valence-corrected chi connectivity index (χ1v) is 8.56. The van der Waals surface area contributed by atoms with Gasteiger partial charge in [-0.25, -0.2) is 9.78 Å². The van der Waals surface area contributed by atoms with Crippen molar-refractivity contribution in [3.05, 3.63) is 33.5 Å². The maximum Gasteiger partial charge on any atom is 0.410 e. The van der Waals surface area contributed by atoms with E-state index in [4.69, 9.17) is 16.3 Å². The molecule has 3 rings (SSSR count). The van der Waals surface area contributed by atoms with Gasteiger partial charge in [0.05, 0.1) is 6.04 Å². The molecule has 1 amide bonds. The quantitative estimate of drug-likeness (QED) is 0.727. The van der Waals surface area contributed by atoms with Crippen molar-refractivity contribution < 1.29 is 9.53 Å². The van der Waals surface area contributed by atoms with Gasteiger partial charge in [0.2, 0.25) is 5.28 Å². The molecule has 2 aromatic heterocycles. The molecule has 7 nitrogen and oxygen atoms in total. The minimum Gasteiger partial charge on any atom is -0.444 e. The molecule has 0 N–H and O–H groups in total. The fourth-order valence-electron chi connectivity index (χ4n) is 3.05. The first kappa shape index (κ1) is 17.7. The smallest absolute Gasteiger partial charge is 0.410 e. The number of carbonyl (C=O) groups is 1. The number of hydrogen-bond acceptors (Lipinski definition) is 5. The SMILES string of the molecule is Cc1cc(=O)n(C2CCN(C(=O)OC(C)(C)C)C2)c2nc(Cl)ncc12. The highest BCUT2D eigenvalue weighted by molar-refractivity contribution is 6.28. The molecule has 134 valence electrons. The van der Waals surface area contributed by atoms with Crippen LogP contribution in [0.4, 0.5) is 4.79 Å². The fraction of sp³-hybridized carbons (Fsp3) is 0.529. The highest BCUT2D eigenvalue weighted by atomic mass is 35.5. The van der Waals surface area contributed by atoms with Crippen LogP contribution in [0.3, 0.4) is 0 Å². The van der Waals surface area contributed by atoms with Crippen LogP contribution in [0.1, 0.15) is 38.8 Å². The topological polar surface area (TPSA) is 77.3 Å². The summed E-state index contributed by atoms with van der Waals surface area (Å²) in [6.45, 7) is 8.25. The van der Waals surface area contributed by atoms with Crippen molar-refractivity contribution in [1.82, 2.24) is 19.4 Å². The van der Waals surface area contributed by atoms with E-state index in [1.165, 1.54) is 0 Å². The third-order valence-corrected chi connectivity index (χ3v) is 4.33. The molecule has 1 aliphatic heterocycles. The molecular weight excluding hydrogens is 344 g/mol. The number of hydrogen-bond donors (Lipinski definition) is 0. The number of pyridine rings is 1. The molecule has 0 aromatic carbocycles. The van der Waals surface area contributed by atoms with Crippen LogP contribution in [0.25, 0.3) is 11.0 Å². The summed E-state index contributed by atoms with van der Waals surface area (Å²) in [5.74, 6) is 0. The average molecular weight is 365 g/mol. The van der Waals surface area contributed by atoms with Crippen LogP contribution in [0.5, 0.6) is 0 Å². The minimum absolute atomic E-state index is 0.0910. The zero-order valence-corrected chi connectivity index (χ0v) is 15.5. The molecule has 1 aliphatic rings. The van der Waals surface area contributed by atoms with Gasteiger partial charge in [-0.3, -0.25) is 9.36 Å². The Kier molecular flexibility index (Phi) is 4.45. The van der Waals surface area contributed by atoms with Gasteiger partial charge in [-0.2, -0.15) is 4.98 Å². The minimum atomic E-state index is -0.552. The summed E-state index contributed by atoms with van der Waals surface area (Å²) >= 11 is 5.93. The van der Waals surface area contributed by atoms with E-state index in [0.29, 0.717) is 25.2 Å². The van der Waals surface area contributed by atoms with Gasteiger partial charge in [-0.05, 0) is 51.3 Å². The lowest BCUT2D eigenvalue weighted by Gasteiger charge is -2.24. The summed E-state index contributed by atoms with van der Waals surface area (Å²) in [7, 11) is 0. The van der Waals surface area contributed by atoms with Crippen LogP contribution in [0.2, 0.25) is 5.28 Å². The van der Waals surface area contributed by atoms with E-state index in [-0.39, 0.29) is 23.0 Å². The number of amides is 1. The van der Waals surface area contributed by atoms with Gasteiger partial charge in [-0.1, -0.05) is 0 Å². The van der Waals surface area contributed by atoms with E-state index >= 15 is 0 Å². The second-order valence-electron chi connectivity index (χ2n) is 7.28. The molecule has 1 fully saturated rings. The van der Waals surface area contributed by atoms with Gasteiger partial charge in [-0.15, -0.1) is 0 Å². The summed E-state index contributed by atoms with van der Waals surface area (Å²) in [6.07, 6.45) is 1.90. The van der Waals surface area contributed by atoms with Gasteiger partial charge in [0.1, 0.15) is 11.2 Å². The third kappa shape index (κ3) is 3.61. The molecule has 0 saturated carbocycles. The van der Waals surface area contributed by atoms with E-state index in [0.717, 1.165) is 10.9 Å². The Hall–Kier alpha value is -2.15. The summed E-state index contributed by atoms with van der Waals surface area (Å²) in [6, 6.07) is 1.39. The zero-order chi connectivity index (χ0) is 18.4. The second-order valence-corrected chi connectivity index (χ2v) is 7.62. The predicted molar refractivity (Wildman–Crippen MR) is 95.0 cm³/mol. The molecule has 0 aliphatic carbocycles. The Morgan fingerprint density at radius 3 is 2.80 bits per heavy atom. The van der Waals surface area contributed by atoms with Crippen molar-refractivity contribution in [1.29, 1.82) is 0 Å². The third-order valence-electron chi connectivity index (χ3n) is 4.15. The first-order chi connectivity index (χ1) is 11.7. The van der Waals surface area contributed by atoms with E-state index < -0.39 is 5.60 Å². The fourth-order valence-corrected chi connectivity index (χ4v) is 3.18. The maximum atomic E-state index is 12.6. The number of aryl methyl sites for hydroxylation is 1. The van der Waals surface area contributed by atoms with Crippen molar-refractivity contribution in [2.75, 3.05) is 13.1 Å². The Morgan fingerprint density at radius 1 is 1.40 bits per heavy atom. The van der Waals surface area contributed by atoms with E-state index in [2.05, 4.69) is 9.97 Å². The van der Waals surface area contributed by atoms with Crippen molar-refractivity contribution in [2.24, 2.45) is 0 Å². The number of nitrogens with zero attached hydrogens (tertiary/aromatic N) is 4. The molecule has 3 heterocycles. The molecule has 0 radical (unpaired) electrons. The van der Waals surface area contributed by atoms with E-state index in [1.54, 1.807) is 21.7 Å². The predicted octanol–water partition coefficient (Wildman–Crippen LogP) is 2.94. The molecule has 2 aromatic rings. The van der Waals surface area contributed by atoms with Crippen LogP contribution < -0.4 is 5.56 Å². The average Bonchev–Trinajstić information content (AvgIpc) is 2.94. The Balaban J connectivity index is 1.95. The number of halogens is 1. The number of fused-ring (bicyclic) bond motifs is 1. The lowest BCUT2D eigenvalue weighted by atomic mass is 10.1.